The van der Waals surface area contributed by atoms with Crippen molar-refractivity contribution in [3.63, 3.8) is 0 Å². The number of rotatable bonds is 6. The van der Waals surface area contributed by atoms with E-state index in [0.29, 0.717) is 10.9 Å². The van der Waals surface area contributed by atoms with Crippen molar-refractivity contribution >= 4 is 45.7 Å². The molecule has 0 amide bonds. The number of para-hydroxylation sites is 1. The number of anilines is 1. The highest BCUT2D eigenvalue weighted by molar-refractivity contribution is 7.98. The summed E-state index contributed by atoms with van der Waals surface area (Å²) in [5.41, 5.74) is 7.58. The second-order valence-corrected chi connectivity index (χ2v) is 6.23. The van der Waals surface area contributed by atoms with Gasteiger partial charge in [-0.3, -0.25) is 0 Å². The second-order valence-electron chi connectivity index (χ2n) is 4.88. The minimum Gasteiger partial charge on any atom is -0.389 e. The number of pyridine rings is 1. The Kier molecular flexibility index (Phi) is 5.20. The van der Waals surface area contributed by atoms with Crippen LogP contribution in [0.3, 0.4) is 0 Å². The van der Waals surface area contributed by atoms with Crippen LogP contribution in [-0.4, -0.2) is 28.5 Å². The number of aromatic nitrogens is 1. The molecule has 3 N–H and O–H groups in total. The van der Waals surface area contributed by atoms with Gasteiger partial charge >= 0.3 is 0 Å². The molecule has 106 valence electrons. The Morgan fingerprint density at radius 3 is 2.90 bits per heavy atom. The predicted molar refractivity (Wildman–Crippen MR) is 93.7 cm³/mol. The van der Waals surface area contributed by atoms with Crippen LogP contribution >= 0.6 is 24.0 Å². The molecule has 0 saturated carbocycles. The third kappa shape index (κ3) is 3.61. The highest BCUT2D eigenvalue weighted by Gasteiger charge is 2.10. The van der Waals surface area contributed by atoms with Gasteiger partial charge in [0.1, 0.15) is 10.8 Å². The Bertz CT molecular complexity index is 613. The number of nitrogens with one attached hydrogen (secondary N) is 1. The van der Waals surface area contributed by atoms with E-state index in [-0.39, 0.29) is 0 Å². The van der Waals surface area contributed by atoms with Crippen molar-refractivity contribution in [2.75, 3.05) is 23.9 Å². The maximum absolute atomic E-state index is 5.82. The van der Waals surface area contributed by atoms with E-state index in [1.165, 1.54) is 0 Å². The SMILES string of the molecule is CSCC(C)CNc1nc2ccccc2cc1C(N)=S. The van der Waals surface area contributed by atoms with E-state index in [9.17, 15) is 0 Å². The van der Waals surface area contributed by atoms with Crippen LogP contribution in [-0.2, 0) is 0 Å². The van der Waals surface area contributed by atoms with Gasteiger partial charge in [-0.25, -0.2) is 4.98 Å². The third-order valence-electron chi connectivity index (χ3n) is 3.06. The van der Waals surface area contributed by atoms with Gasteiger partial charge in [-0.1, -0.05) is 37.3 Å². The molecule has 2 aromatic rings. The Morgan fingerprint density at radius 1 is 1.45 bits per heavy atom. The van der Waals surface area contributed by atoms with Crippen molar-refractivity contribution in [2.45, 2.75) is 6.92 Å². The zero-order valence-corrected chi connectivity index (χ0v) is 13.4. The smallest absolute Gasteiger partial charge is 0.136 e. The quantitative estimate of drug-likeness (QED) is 0.802. The van der Waals surface area contributed by atoms with Crippen LogP contribution in [0, 0.1) is 5.92 Å². The standard InChI is InChI=1S/C15H19N3S2/c1-10(9-20-2)8-17-15-12(14(16)19)7-11-5-3-4-6-13(11)18-15/h3-7,10H,8-9H2,1-2H3,(H2,16,19)(H,17,18). The molecule has 0 radical (unpaired) electrons. The van der Waals surface area contributed by atoms with Gasteiger partial charge in [0.25, 0.3) is 0 Å². The fourth-order valence-electron chi connectivity index (χ4n) is 2.05. The minimum absolute atomic E-state index is 0.378. The first kappa shape index (κ1) is 15.1. The molecule has 3 nitrogen and oxygen atoms in total. The van der Waals surface area contributed by atoms with E-state index in [4.69, 9.17) is 18.0 Å². The first-order valence-electron chi connectivity index (χ1n) is 6.54. The minimum atomic E-state index is 0.378. The lowest BCUT2D eigenvalue weighted by atomic mass is 10.1. The van der Waals surface area contributed by atoms with Crippen LogP contribution in [0.5, 0.6) is 0 Å². The van der Waals surface area contributed by atoms with Crippen LogP contribution in [0.4, 0.5) is 5.82 Å². The van der Waals surface area contributed by atoms with Crippen LogP contribution in [0.2, 0.25) is 0 Å². The third-order valence-corrected chi connectivity index (χ3v) is 4.18. The molecule has 1 atom stereocenters. The van der Waals surface area contributed by atoms with Gasteiger partial charge in [0, 0.05) is 11.9 Å². The average Bonchev–Trinajstić information content (AvgIpc) is 2.44. The molecule has 0 fully saturated rings. The Hall–Kier alpha value is -1.33. The summed E-state index contributed by atoms with van der Waals surface area (Å²) in [6.45, 7) is 3.08. The monoisotopic (exact) mass is 305 g/mol. The zero-order chi connectivity index (χ0) is 14.5. The van der Waals surface area contributed by atoms with E-state index in [2.05, 4.69) is 23.5 Å². The topological polar surface area (TPSA) is 50.9 Å². The molecule has 0 spiro atoms. The zero-order valence-electron chi connectivity index (χ0n) is 11.7. The normalized spacial score (nSPS) is 12.3. The summed E-state index contributed by atoms with van der Waals surface area (Å²) < 4.78 is 0. The van der Waals surface area contributed by atoms with Gasteiger partial charge < -0.3 is 11.1 Å². The summed E-state index contributed by atoms with van der Waals surface area (Å²) in [7, 11) is 0. The molecule has 0 bridgehead atoms. The summed E-state index contributed by atoms with van der Waals surface area (Å²) in [5, 5.41) is 4.43. The number of hydrogen-bond acceptors (Lipinski definition) is 4. The van der Waals surface area contributed by atoms with Crippen LogP contribution in [0.1, 0.15) is 12.5 Å². The molecule has 5 heteroatoms. The first-order valence-corrected chi connectivity index (χ1v) is 8.34. The highest BCUT2D eigenvalue weighted by Crippen LogP contribution is 2.21. The maximum atomic E-state index is 5.82. The highest BCUT2D eigenvalue weighted by atomic mass is 32.2. The second kappa shape index (κ2) is 6.90. The van der Waals surface area contributed by atoms with Gasteiger partial charge in [0.15, 0.2) is 0 Å². The van der Waals surface area contributed by atoms with Gasteiger partial charge in [-0.15, -0.1) is 0 Å². The van der Waals surface area contributed by atoms with E-state index in [1.54, 1.807) is 0 Å². The number of benzene rings is 1. The predicted octanol–water partition coefficient (Wildman–Crippen LogP) is 3.28. The molecule has 1 heterocycles. The van der Waals surface area contributed by atoms with Crippen LogP contribution < -0.4 is 11.1 Å². The molecule has 20 heavy (non-hydrogen) atoms. The van der Waals surface area contributed by atoms with Gasteiger partial charge in [0.05, 0.1) is 11.1 Å². The first-order chi connectivity index (χ1) is 9.61. The van der Waals surface area contributed by atoms with E-state index in [0.717, 1.165) is 34.6 Å². The van der Waals surface area contributed by atoms with Crippen molar-refractivity contribution in [1.82, 2.24) is 4.98 Å². The summed E-state index contributed by atoms with van der Waals surface area (Å²) in [6, 6.07) is 9.99. The summed E-state index contributed by atoms with van der Waals surface area (Å²) in [6.07, 6.45) is 2.12. The van der Waals surface area contributed by atoms with Crippen molar-refractivity contribution in [3.05, 3.63) is 35.9 Å². The van der Waals surface area contributed by atoms with Crippen LogP contribution in [0.25, 0.3) is 10.9 Å². The lowest BCUT2D eigenvalue weighted by molar-refractivity contribution is 0.700. The molecule has 0 aliphatic heterocycles. The van der Waals surface area contributed by atoms with Gasteiger partial charge in [-0.05, 0) is 30.1 Å². The largest absolute Gasteiger partial charge is 0.389 e. The molecule has 1 unspecified atom stereocenters. The Morgan fingerprint density at radius 2 is 2.20 bits per heavy atom. The lowest BCUT2D eigenvalue weighted by Gasteiger charge is -2.15. The van der Waals surface area contributed by atoms with Gasteiger partial charge in [-0.2, -0.15) is 11.8 Å². The number of thioether (sulfide) groups is 1. The Labute approximate surface area is 129 Å². The number of nitrogens with two attached hydrogens (primary N) is 1. The van der Waals surface area contributed by atoms with E-state index in [1.807, 2.05) is 42.1 Å². The fraction of sp³-hybridized carbons (Fsp3) is 0.333. The van der Waals surface area contributed by atoms with Crippen molar-refractivity contribution in [3.8, 4) is 0 Å². The molecule has 0 saturated heterocycles. The summed E-state index contributed by atoms with van der Waals surface area (Å²) in [4.78, 5) is 5.02. The molecular weight excluding hydrogens is 286 g/mol. The van der Waals surface area contributed by atoms with Crippen molar-refractivity contribution < 1.29 is 0 Å². The van der Waals surface area contributed by atoms with Crippen LogP contribution in [0.15, 0.2) is 30.3 Å². The molecular formula is C15H19N3S2. The average molecular weight is 305 g/mol. The molecule has 1 aromatic heterocycles. The number of nitrogens with zero attached hydrogens (tertiary/aromatic N) is 1. The molecule has 1 aromatic carbocycles. The summed E-state index contributed by atoms with van der Waals surface area (Å²) >= 11 is 6.98. The number of hydrogen-bond donors (Lipinski definition) is 2. The number of thiocarbonyl (C=S) groups is 1. The maximum Gasteiger partial charge on any atom is 0.136 e. The molecule has 2 rings (SSSR count). The molecule has 0 aliphatic rings. The van der Waals surface area contributed by atoms with E-state index >= 15 is 0 Å². The van der Waals surface area contributed by atoms with Crippen molar-refractivity contribution in [1.29, 1.82) is 0 Å². The summed E-state index contributed by atoms with van der Waals surface area (Å²) in [5.74, 6) is 2.46. The van der Waals surface area contributed by atoms with E-state index < -0.39 is 0 Å². The fourth-order valence-corrected chi connectivity index (χ4v) is 2.90. The van der Waals surface area contributed by atoms with Gasteiger partial charge in [0.2, 0.25) is 0 Å². The Balaban J connectivity index is 2.30. The van der Waals surface area contributed by atoms with Crippen molar-refractivity contribution in [2.24, 2.45) is 11.7 Å². The molecule has 0 aliphatic carbocycles. The number of fused-ring (bicyclic) bond motifs is 1. The lowest BCUT2D eigenvalue weighted by Crippen LogP contribution is -2.19.